The molecule has 0 spiro atoms. The normalized spacial score (nSPS) is 12.9. The molecule has 0 unspecified atom stereocenters. The molecular formula is C21H29N5O2. The third-order valence-corrected chi connectivity index (χ3v) is 5.03. The number of aliphatic hydroxyl groups is 1. The summed E-state index contributed by atoms with van der Waals surface area (Å²) in [5, 5.41) is 14.7. The highest BCUT2D eigenvalue weighted by Gasteiger charge is 2.25. The first-order valence-electron chi connectivity index (χ1n) is 9.64. The standard InChI is InChI=1S/C21H29N5O2/c1-12(2)14-7-9-15(10-8-14)18(13(3)4)26-19-17(16(11-27)24-26)20(28)23-21(22-19)25(5)6/h7-10,12-13,18,27H,11H2,1-6H3,(H,22,23,28)/t18-/m1/s1. The number of nitrogens with zero attached hydrogens (tertiary/aromatic N) is 4. The Bertz CT molecular complexity index is 1020. The van der Waals surface area contributed by atoms with Crippen LogP contribution < -0.4 is 10.5 Å². The van der Waals surface area contributed by atoms with Gasteiger partial charge in [0.05, 0.1) is 12.6 Å². The average molecular weight is 383 g/mol. The summed E-state index contributed by atoms with van der Waals surface area (Å²) in [6.07, 6.45) is 0. The van der Waals surface area contributed by atoms with Gasteiger partial charge >= 0.3 is 0 Å². The fraction of sp³-hybridized carbons (Fsp3) is 0.476. The van der Waals surface area contributed by atoms with Gasteiger partial charge in [0.15, 0.2) is 5.65 Å². The molecule has 0 aliphatic carbocycles. The van der Waals surface area contributed by atoms with Gasteiger partial charge in [0.2, 0.25) is 5.95 Å². The molecule has 2 heterocycles. The van der Waals surface area contributed by atoms with Crippen LogP contribution in [0.15, 0.2) is 29.1 Å². The zero-order valence-corrected chi connectivity index (χ0v) is 17.4. The molecule has 2 N–H and O–H groups in total. The lowest BCUT2D eigenvalue weighted by Gasteiger charge is -2.23. The molecule has 0 aliphatic heterocycles. The van der Waals surface area contributed by atoms with Crippen molar-refractivity contribution < 1.29 is 5.11 Å². The van der Waals surface area contributed by atoms with Gasteiger partial charge in [-0.25, -0.2) is 4.68 Å². The number of rotatable bonds is 6. The van der Waals surface area contributed by atoms with Gasteiger partial charge in [0, 0.05) is 14.1 Å². The summed E-state index contributed by atoms with van der Waals surface area (Å²) in [7, 11) is 3.64. The van der Waals surface area contributed by atoms with Crippen LogP contribution >= 0.6 is 0 Å². The van der Waals surface area contributed by atoms with Crippen molar-refractivity contribution >= 4 is 17.0 Å². The first-order chi connectivity index (χ1) is 13.2. The molecule has 0 fully saturated rings. The fourth-order valence-electron chi connectivity index (χ4n) is 3.51. The van der Waals surface area contributed by atoms with E-state index >= 15 is 0 Å². The van der Waals surface area contributed by atoms with Crippen LogP contribution in [-0.4, -0.2) is 39.0 Å². The molecule has 7 heteroatoms. The van der Waals surface area contributed by atoms with Crippen LogP contribution in [0.25, 0.3) is 11.0 Å². The quantitative estimate of drug-likeness (QED) is 0.683. The third kappa shape index (κ3) is 3.54. The van der Waals surface area contributed by atoms with Gasteiger partial charge in [-0.05, 0) is 23.0 Å². The lowest BCUT2D eigenvalue weighted by atomic mass is 9.93. The van der Waals surface area contributed by atoms with Crippen LogP contribution in [0.2, 0.25) is 0 Å². The maximum Gasteiger partial charge on any atom is 0.263 e. The van der Waals surface area contributed by atoms with E-state index in [0.29, 0.717) is 28.6 Å². The topological polar surface area (TPSA) is 87.0 Å². The molecule has 1 atom stereocenters. The summed E-state index contributed by atoms with van der Waals surface area (Å²) in [6.45, 7) is 8.26. The number of fused-ring (bicyclic) bond motifs is 1. The Morgan fingerprint density at radius 2 is 1.71 bits per heavy atom. The largest absolute Gasteiger partial charge is 0.390 e. The second-order valence-corrected chi connectivity index (χ2v) is 8.04. The molecule has 0 saturated carbocycles. The average Bonchev–Trinajstić information content (AvgIpc) is 3.01. The number of benzene rings is 1. The Morgan fingerprint density at radius 1 is 1.11 bits per heavy atom. The predicted octanol–water partition coefficient (Wildman–Crippen LogP) is 3.05. The predicted molar refractivity (Wildman–Crippen MR) is 112 cm³/mol. The van der Waals surface area contributed by atoms with Crippen molar-refractivity contribution in [3.8, 4) is 0 Å². The van der Waals surface area contributed by atoms with Gasteiger partial charge in [0.25, 0.3) is 5.56 Å². The van der Waals surface area contributed by atoms with Crippen LogP contribution in [0.1, 0.15) is 56.5 Å². The Kier molecular flexibility index (Phi) is 5.56. The van der Waals surface area contributed by atoms with Gasteiger partial charge in [-0.15, -0.1) is 0 Å². The molecular weight excluding hydrogens is 354 g/mol. The van der Waals surface area contributed by atoms with E-state index in [-0.39, 0.29) is 24.1 Å². The van der Waals surface area contributed by atoms with Crippen LogP contribution in [0.5, 0.6) is 0 Å². The zero-order valence-electron chi connectivity index (χ0n) is 17.4. The van der Waals surface area contributed by atoms with E-state index in [1.807, 2.05) is 14.1 Å². The van der Waals surface area contributed by atoms with E-state index < -0.39 is 0 Å². The monoisotopic (exact) mass is 383 g/mol. The number of hydrogen-bond donors (Lipinski definition) is 2. The Morgan fingerprint density at radius 3 is 2.21 bits per heavy atom. The molecule has 150 valence electrons. The van der Waals surface area contributed by atoms with Crippen LogP contribution in [0.3, 0.4) is 0 Å². The van der Waals surface area contributed by atoms with E-state index in [1.165, 1.54) is 5.56 Å². The van der Waals surface area contributed by atoms with E-state index in [9.17, 15) is 9.90 Å². The van der Waals surface area contributed by atoms with Gasteiger partial charge in [-0.2, -0.15) is 10.1 Å². The van der Waals surface area contributed by atoms with Gasteiger partial charge in [-0.1, -0.05) is 52.0 Å². The summed E-state index contributed by atoms with van der Waals surface area (Å²) >= 11 is 0. The molecule has 1 aromatic carbocycles. The van der Waals surface area contributed by atoms with Crippen molar-refractivity contribution in [2.24, 2.45) is 5.92 Å². The van der Waals surface area contributed by atoms with Gasteiger partial charge in [-0.3, -0.25) is 9.78 Å². The molecule has 0 saturated heterocycles. The number of hydrogen-bond acceptors (Lipinski definition) is 5. The minimum absolute atomic E-state index is 0.103. The summed E-state index contributed by atoms with van der Waals surface area (Å²) in [4.78, 5) is 21.8. The highest BCUT2D eigenvalue weighted by Crippen LogP contribution is 2.30. The smallest absolute Gasteiger partial charge is 0.263 e. The summed E-state index contributed by atoms with van der Waals surface area (Å²) < 4.78 is 1.79. The lowest BCUT2D eigenvalue weighted by molar-refractivity contribution is 0.274. The number of nitrogens with one attached hydrogen (secondary N) is 1. The number of aliphatic hydroxyl groups excluding tert-OH is 1. The Balaban J connectivity index is 2.24. The lowest BCUT2D eigenvalue weighted by Crippen LogP contribution is -2.22. The Labute approximate surface area is 165 Å². The van der Waals surface area contributed by atoms with Crippen molar-refractivity contribution in [2.75, 3.05) is 19.0 Å². The van der Waals surface area contributed by atoms with E-state index in [4.69, 9.17) is 0 Å². The van der Waals surface area contributed by atoms with Crippen LogP contribution in [0, 0.1) is 5.92 Å². The SMILES string of the molecule is CC(C)c1ccc([C@@H](C(C)C)n2nc(CO)c3c(=O)[nH]c(N(C)C)nc32)cc1. The van der Waals surface area contributed by atoms with Crippen molar-refractivity contribution in [1.29, 1.82) is 0 Å². The molecule has 3 aromatic rings. The van der Waals surface area contributed by atoms with E-state index in [0.717, 1.165) is 5.56 Å². The van der Waals surface area contributed by atoms with Gasteiger partial charge in [0.1, 0.15) is 11.1 Å². The molecule has 0 aliphatic rings. The zero-order chi connectivity index (χ0) is 20.6. The highest BCUT2D eigenvalue weighted by molar-refractivity contribution is 5.78. The van der Waals surface area contributed by atoms with E-state index in [2.05, 4.69) is 67.0 Å². The van der Waals surface area contributed by atoms with E-state index in [1.54, 1.807) is 9.58 Å². The number of H-pyrrole nitrogens is 1. The Hall–Kier alpha value is -2.67. The first kappa shape index (κ1) is 20.1. The minimum atomic E-state index is -0.313. The number of anilines is 1. The molecule has 28 heavy (non-hydrogen) atoms. The second-order valence-electron chi connectivity index (χ2n) is 8.04. The molecule has 0 bridgehead atoms. The molecule has 0 radical (unpaired) electrons. The molecule has 0 amide bonds. The van der Waals surface area contributed by atoms with Crippen molar-refractivity contribution in [3.05, 3.63) is 51.4 Å². The highest BCUT2D eigenvalue weighted by atomic mass is 16.3. The number of aromatic nitrogens is 4. The third-order valence-electron chi connectivity index (χ3n) is 5.03. The van der Waals surface area contributed by atoms with Crippen LogP contribution in [0.4, 0.5) is 5.95 Å². The second kappa shape index (κ2) is 7.75. The molecule has 3 rings (SSSR count). The fourth-order valence-corrected chi connectivity index (χ4v) is 3.51. The summed E-state index contributed by atoms with van der Waals surface area (Å²) in [6, 6.07) is 8.41. The summed E-state index contributed by atoms with van der Waals surface area (Å²) in [5.41, 5.74) is 2.92. The summed E-state index contributed by atoms with van der Waals surface area (Å²) in [5.74, 6) is 1.13. The van der Waals surface area contributed by atoms with Crippen molar-refractivity contribution in [1.82, 2.24) is 19.7 Å². The molecule has 7 nitrogen and oxygen atoms in total. The van der Waals surface area contributed by atoms with Crippen molar-refractivity contribution in [3.63, 3.8) is 0 Å². The van der Waals surface area contributed by atoms with Gasteiger partial charge < -0.3 is 10.0 Å². The van der Waals surface area contributed by atoms with Crippen LogP contribution in [-0.2, 0) is 6.61 Å². The number of aromatic amines is 1. The maximum absolute atomic E-state index is 12.7. The first-order valence-corrected chi connectivity index (χ1v) is 9.64. The minimum Gasteiger partial charge on any atom is -0.390 e. The van der Waals surface area contributed by atoms with Crippen molar-refractivity contribution in [2.45, 2.75) is 46.3 Å². The maximum atomic E-state index is 12.7. The molecule has 2 aromatic heterocycles.